The number of carbonyl (C=O) groups is 1. The number of hydrogen-bond acceptors (Lipinski definition) is 5. The van der Waals surface area contributed by atoms with Gasteiger partial charge in [-0.05, 0) is 42.5 Å². The van der Waals surface area contributed by atoms with Gasteiger partial charge in [0.15, 0.2) is 11.5 Å². The van der Waals surface area contributed by atoms with Gasteiger partial charge >= 0.3 is 0 Å². The molecule has 1 amide bonds. The van der Waals surface area contributed by atoms with E-state index in [-0.39, 0.29) is 10.8 Å². The van der Waals surface area contributed by atoms with Crippen LogP contribution in [0.15, 0.2) is 77.8 Å². The van der Waals surface area contributed by atoms with Crippen LogP contribution in [0.1, 0.15) is 16.8 Å². The number of carbonyl (C=O) groups excluding carboxylic acids is 1. The van der Waals surface area contributed by atoms with Crippen LogP contribution in [0.5, 0.6) is 11.5 Å². The maximum Gasteiger partial charge on any atom is 0.262 e. The highest BCUT2D eigenvalue weighted by atomic mass is 32.2. The summed E-state index contributed by atoms with van der Waals surface area (Å²) >= 11 is 0. The van der Waals surface area contributed by atoms with Crippen molar-refractivity contribution in [2.24, 2.45) is 0 Å². The fourth-order valence-corrected chi connectivity index (χ4v) is 4.68. The van der Waals surface area contributed by atoms with Gasteiger partial charge in [0.05, 0.1) is 23.7 Å². The summed E-state index contributed by atoms with van der Waals surface area (Å²) in [4.78, 5) is 15.8. The Kier molecular flexibility index (Phi) is 5.39. The number of para-hydroxylation sites is 1. The molecule has 0 atom stereocenters. The summed E-state index contributed by atoms with van der Waals surface area (Å²) in [6.07, 6.45) is 2.40. The number of amides is 1. The zero-order chi connectivity index (χ0) is 22.8. The lowest BCUT2D eigenvalue weighted by molar-refractivity contribution is 0.102. The molecular formula is C24H21N3O5S. The molecule has 1 aliphatic heterocycles. The van der Waals surface area contributed by atoms with Crippen LogP contribution in [0.25, 0.3) is 10.9 Å². The van der Waals surface area contributed by atoms with Crippen molar-refractivity contribution in [1.82, 2.24) is 4.98 Å². The van der Waals surface area contributed by atoms with Crippen molar-refractivity contribution in [1.29, 1.82) is 0 Å². The Morgan fingerprint density at radius 1 is 0.879 bits per heavy atom. The number of rotatable bonds is 5. The minimum Gasteiger partial charge on any atom is -0.490 e. The predicted molar refractivity (Wildman–Crippen MR) is 126 cm³/mol. The maximum atomic E-state index is 12.8. The molecule has 0 fully saturated rings. The van der Waals surface area contributed by atoms with Crippen molar-refractivity contribution in [2.45, 2.75) is 11.3 Å². The third kappa shape index (κ3) is 4.35. The van der Waals surface area contributed by atoms with E-state index < -0.39 is 10.0 Å². The zero-order valence-corrected chi connectivity index (χ0v) is 18.3. The van der Waals surface area contributed by atoms with Crippen LogP contribution in [0.4, 0.5) is 11.4 Å². The van der Waals surface area contributed by atoms with Gasteiger partial charge in [0.25, 0.3) is 15.9 Å². The van der Waals surface area contributed by atoms with Gasteiger partial charge < -0.3 is 19.8 Å². The summed E-state index contributed by atoms with van der Waals surface area (Å²) in [6, 6.07) is 18.5. The molecule has 0 saturated carbocycles. The highest BCUT2D eigenvalue weighted by Gasteiger charge is 2.19. The lowest BCUT2D eigenvalue weighted by Gasteiger charge is -2.12. The van der Waals surface area contributed by atoms with Crippen molar-refractivity contribution < 1.29 is 22.7 Å². The van der Waals surface area contributed by atoms with Crippen molar-refractivity contribution in [3.63, 3.8) is 0 Å². The number of aromatic amines is 1. The number of aromatic nitrogens is 1. The molecule has 1 aliphatic rings. The molecule has 0 unspecified atom stereocenters. The van der Waals surface area contributed by atoms with Gasteiger partial charge in [-0.25, -0.2) is 8.42 Å². The molecule has 0 aliphatic carbocycles. The van der Waals surface area contributed by atoms with Gasteiger partial charge in [-0.1, -0.05) is 18.2 Å². The highest BCUT2D eigenvalue weighted by Crippen LogP contribution is 2.32. The van der Waals surface area contributed by atoms with Crippen molar-refractivity contribution in [3.05, 3.63) is 78.5 Å². The Morgan fingerprint density at radius 2 is 1.61 bits per heavy atom. The summed E-state index contributed by atoms with van der Waals surface area (Å²) in [6.45, 7) is 0.996. The number of hydrogen-bond donors (Lipinski definition) is 3. The molecule has 1 aromatic heterocycles. The quantitative estimate of drug-likeness (QED) is 0.407. The second-order valence-electron chi connectivity index (χ2n) is 7.54. The molecule has 33 heavy (non-hydrogen) atoms. The van der Waals surface area contributed by atoms with Gasteiger partial charge in [-0.2, -0.15) is 0 Å². The molecule has 0 radical (unpaired) electrons. The third-order valence-corrected chi connectivity index (χ3v) is 6.64. The number of sulfonamides is 1. The highest BCUT2D eigenvalue weighted by molar-refractivity contribution is 7.92. The summed E-state index contributed by atoms with van der Waals surface area (Å²) < 4.78 is 39.4. The monoisotopic (exact) mass is 463 g/mol. The largest absolute Gasteiger partial charge is 0.490 e. The fraction of sp³-hybridized carbons (Fsp3) is 0.125. The summed E-state index contributed by atoms with van der Waals surface area (Å²) in [7, 11) is -3.83. The molecule has 8 nitrogen and oxygen atoms in total. The topological polar surface area (TPSA) is 110 Å². The lowest BCUT2D eigenvalue weighted by Crippen LogP contribution is -2.14. The molecule has 0 spiro atoms. The van der Waals surface area contributed by atoms with E-state index >= 15 is 0 Å². The van der Waals surface area contributed by atoms with Gasteiger partial charge in [-0.15, -0.1) is 0 Å². The number of nitrogens with one attached hydrogen (secondary N) is 3. The van der Waals surface area contributed by atoms with E-state index in [4.69, 9.17) is 9.47 Å². The Hall–Kier alpha value is -3.98. The molecule has 2 heterocycles. The zero-order valence-electron chi connectivity index (χ0n) is 17.5. The first-order valence-electron chi connectivity index (χ1n) is 10.4. The molecule has 168 valence electrons. The summed E-state index contributed by atoms with van der Waals surface area (Å²) in [5.41, 5.74) is 2.32. The fourth-order valence-electron chi connectivity index (χ4n) is 3.60. The first-order chi connectivity index (χ1) is 16.0. The maximum absolute atomic E-state index is 12.8. The molecule has 0 bridgehead atoms. The van der Waals surface area contributed by atoms with E-state index in [9.17, 15) is 13.2 Å². The second kappa shape index (κ2) is 8.51. The minimum atomic E-state index is -3.83. The Bertz CT molecular complexity index is 1430. The number of benzene rings is 3. The molecule has 5 rings (SSSR count). The van der Waals surface area contributed by atoms with E-state index in [2.05, 4.69) is 15.0 Å². The smallest absolute Gasteiger partial charge is 0.262 e. The van der Waals surface area contributed by atoms with Gasteiger partial charge in [-0.3, -0.25) is 9.52 Å². The Balaban J connectivity index is 1.29. The average molecular weight is 464 g/mol. The molecule has 3 aromatic carbocycles. The number of anilines is 2. The standard InChI is InChI=1S/C24H21N3O5S/c28-24(20-15-25-21-5-2-1-4-19(20)21)26-16-6-8-17(9-7-16)27-33(29,30)18-10-11-22-23(14-18)32-13-3-12-31-22/h1-2,4-11,14-15,25,27H,3,12-13H2,(H,26,28). The van der Waals surface area contributed by atoms with Crippen molar-refractivity contribution >= 4 is 38.2 Å². The van der Waals surface area contributed by atoms with Crippen LogP contribution < -0.4 is 19.5 Å². The summed E-state index contributed by atoms with van der Waals surface area (Å²) in [5.74, 6) is 0.681. The van der Waals surface area contributed by atoms with E-state index in [1.165, 1.54) is 12.1 Å². The second-order valence-corrected chi connectivity index (χ2v) is 9.23. The normalized spacial score (nSPS) is 13.3. The molecule has 4 aromatic rings. The number of ether oxygens (including phenoxy) is 2. The molecule has 0 saturated heterocycles. The lowest BCUT2D eigenvalue weighted by atomic mass is 10.1. The van der Waals surface area contributed by atoms with Crippen LogP contribution in [-0.4, -0.2) is 32.5 Å². The number of fused-ring (bicyclic) bond motifs is 2. The van der Waals surface area contributed by atoms with Crippen molar-refractivity contribution in [2.75, 3.05) is 23.3 Å². The molecule has 9 heteroatoms. The first-order valence-corrected chi connectivity index (χ1v) is 11.9. The molecular weight excluding hydrogens is 442 g/mol. The van der Waals surface area contributed by atoms with E-state index in [1.54, 1.807) is 36.5 Å². The van der Waals surface area contributed by atoms with Crippen LogP contribution in [-0.2, 0) is 10.0 Å². The van der Waals surface area contributed by atoms with E-state index in [0.29, 0.717) is 41.7 Å². The SMILES string of the molecule is O=C(Nc1ccc(NS(=O)(=O)c2ccc3c(c2)OCCCO3)cc1)c1c[nH]c2ccccc12. The van der Waals surface area contributed by atoms with Gasteiger partial charge in [0, 0.05) is 41.0 Å². The van der Waals surface area contributed by atoms with Gasteiger partial charge in [0.1, 0.15) is 0 Å². The van der Waals surface area contributed by atoms with E-state index in [0.717, 1.165) is 17.3 Å². The Labute approximate surface area is 190 Å². The average Bonchev–Trinajstić information content (AvgIpc) is 3.10. The van der Waals surface area contributed by atoms with Crippen LogP contribution in [0.3, 0.4) is 0 Å². The van der Waals surface area contributed by atoms with E-state index in [1.807, 2.05) is 24.3 Å². The first kappa shape index (κ1) is 20.9. The third-order valence-electron chi connectivity index (χ3n) is 5.26. The van der Waals surface area contributed by atoms with Crippen LogP contribution in [0, 0.1) is 0 Å². The van der Waals surface area contributed by atoms with Crippen LogP contribution in [0.2, 0.25) is 0 Å². The molecule has 3 N–H and O–H groups in total. The summed E-state index contributed by atoms with van der Waals surface area (Å²) in [5, 5.41) is 3.66. The predicted octanol–water partition coefficient (Wildman–Crippen LogP) is 4.38. The number of H-pyrrole nitrogens is 1. The van der Waals surface area contributed by atoms with Crippen LogP contribution >= 0.6 is 0 Å². The van der Waals surface area contributed by atoms with Gasteiger partial charge in [0.2, 0.25) is 0 Å². The van der Waals surface area contributed by atoms with Crippen molar-refractivity contribution in [3.8, 4) is 11.5 Å². The Morgan fingerprint density at radius 3 is 2.42 bits per heavy atom. The minimum absolute atomic E-state index is 0.0727.